The fourth-order valence-corrected chi connectivity index (χ4v) is 8.66. The fourth-order valence-electron chi connectivity index (χ4n) is 8.66. The summed E-state index contributed by atoms with van der Waals surface area (Å²) in [7, 11) is 0. The van der Waals surface area contributed by atoms with Crippen molar-refractivity contribution in [3.63, 3.8) is 0 Å². The molecule has 2 aromatic rings. The minimum atomic E-state index is -1.92. The Labute approximate surface area is 268 Å². The minimum absolute atomic E-state index is 0.117. The molecular formula is C37H40O9. The first-order valence-electron chi connectivity index (χ1n) is 15.7. The average molecular weight is 629 g/mol. The molecule has 0 amide bonds. The van der Waals surface area contributed by atoms with E-state index in [1.54, 1.807) is 13.0 Å². The van der Waals surface area contributed by atoms with E-state index in [1.165, 1.54) is 31.2 Å². The van der Waals surface area contributed by atoms with Crippen molar-refractivity contribution in [2.75, 3.05) is 6.61 Å². The topological polar surface area (TPSA) is 136 Å². The number of ether oxygens (including phenoxy) is 3. The van der Waals surface area contributed by atoms with Gasteiger partial charge in [-0.3, -0.25) is 14.4 Å². The second-order valence-electron chi connectivity index (χ2n) is 14.0. The Morgan fingerprint density at radius 1 is 0.978 bits per heavy atom. The van der Waals surface area contributed by atoms with Gasteiger partial charge in [0.25, 0.3) is 0 Å². The second kappa shape index (κ2) is 11.0. The number of fused-ring (bicyclic) bond motifs is 5. The van der Waals surface area contributed by atoms with E-state index in [0.29, 0.717) is 17.6 Å². The number of Topliss-reactive ketones (excluding diaryl/α,β-unsaturated/α-hetero) is 1. The van der Waals surface area contributed by atoms with Gasteiger partial charge in [-0.2, -0.15) is 0 Å². The van der Waals surface area contributed by atoms with Crippen LogP contribution >= 0.6 is 0 Å². The highest BCUT2D eigenvalue weighted by Crippen LogP contribution is 2.76. The molecule has 4 aliphatic carbocycles. The lowest BCUT2D eigenvalue weighted by Gasteiger charge is -2.50. The average Bonchev–Trinajstić information content (AvgIpc) is 3.40. The van der Waals surface area contributed by atoms with E-state index in [4.69, 9.17) is 14.2 Å². The van der Waals surface area contributed by atoms with Crippen LogP contribution < -0.4 is 4.74 Å². The van der Waals surface area contributed by atoms with Crippen molar-refractivity contribution in [1.29, 1.82) is 0 Å². The molecule has 9 heteroatoms. The predicted molar refractivity (Wildman–Crippen MR) is 166 cm³/mol. The number of benzene rings is 2. The lowest BCUT2D eigenvalue weighted by Crippen LogP contribution is -2.61. The van der Waals surface area contributed by atoms with Crippen molar-refractivity contribution >= 4 is 23.7 Å². The molecule has 2 N–H and O–H groups in total. The zero-order chi connectivity index (χ0) is 33.2. The smallest absolute Gasteiger partial charge is 0.338 e. The van der Waals surface area contributed by atoms with Crippen LogP contribution in [-0.4, -0.2) is 57.3 Å². The number of rotatable bonds is 7. The first-order chi connectivity index (χ1) is 21.6. The molecule has 0 bridgehead atoms. The van der Waals surface area contributed by atoms with Gasteiger partial charge in [0, 0.05) is 36.5 Å². The quantitative estimate of drug-likeness (QED) is 0.257. The van der Waals surface area contributed by atoms with Gasteiger partial charge >= 0.3 is 17.9 Å². The zero-order valence-corrected chi connectivity index (χ0v) is 26.7. The third kappa shape index (κ3) is 4.91. The maximum absolute atomic E-state index is 13.5. The third-order valence-electron chi connectivity index (χ3n) is 10.9. The number of ketones is 1. The highest BCUT2D eigenvalue weighted by atomic mass is 16.6. The first kappa shape index (κ1) is 31.9. The molecule has 0 unspecified atom stereocenters. The van der Waals surface area contributed by atoms with Crippen LogP contribution in [0.25, 0.3) is 0 Å². The molecule has 0 heterocycles. The van der Waals surface area contributed by atoms with Gasteiger partial charge in [-0.05, 0) is 60.2 Å². The largest absolute Gasteiger partial charge is 0.458 e. The molecule has 0 aromatic heterocycles. The SMILES string of the molecule is CC(=O)Oc1ccc(C(=O)OCC2=C[C@H]3[C@@H]4C(C)(C)[C@]4(OC(=O)Cc4ccccc4)C[C@@H](C)[C@]3(O)[C@@H]3C=C(C)C(=O)[C@@]3(O)C2)cc1. The van der Waals surface area contributed by atoms with Crippen LogP contribution in [0.3, 0.4) is 0 Å². The molecule has 0 aliphatic heterocycles. The summed E-state index contributed by atoms with van der Waals surface area (Å²) in [6.45, 7) is 8.63. The van der Waals surface area contributed by atoms with Crippen molar-refractivity contribution in [2.24, 2.45) is 29.1 Å². The molecule has 0 spiro atoms. The van der Waals surface area contributed by atoms with Crippen LogP contribution in [0.1, 0.15) is 63.4 Å². The van der Waals surface area contributed by atoms with Crippen LogP contribution in [-0.2, 0) is 30.3 Å². The monoisotopic (exact) mass is 628 g/mol. The van der Waals surface area contributed by atoms with Crippen molar-refractivity contribution in [3.05, 3.63) is 89.0 Å². The Balaban J connectivity index is 1.31. The van der Waals surface area contributed by atoms with Gasteiger partial charge in [0.1, 0.15) is 23.6 Å². The summed E-state index contributed by atoms with van der Waals surface area (Å²) < 4.78 is 17.0. The predicted octanol–water partition coefficient (Wildman–Crippen LogP) is 4.54. The normalized spacial score (nSPS) is 33.7. The maximum Gasteiger partial charge on any atom is 0.338 e. The summed E-state index contributed by atoms with van der Waals surface area (Å²) >= 11 is 0. The van der Waals surface area contributed by atoms with E-state index < -0.39 is 57.7 Å². The fraction of sp³-hybridized carbons (Fsp3) is 0.459. The van der Waals surface area contributed by atoms with E-state index in [-0.39, 0.29) is 42.6 Å². The Kier molecular flexibility index (Phi) is 7.64. The summed E-state index contributed by atoms with van der Waals surface area (Å²) in [5, 5.41) is 24.7. The minimum Gasteiger partial charge on any atom is -0.458 e. The van der Waals surface area contributed by atoms with Gasteiger partial charge < -0.3 is 24.4 Å². The van der Waals surface area contributed by atoms with E-state index in [0.717, 1.165) is 5.56 Å². The standard InChI is InChI=1S/C37H40O9/c1-21-15-29-35(42,32(21)40)19-25(20-44-33(41)26-11-13-27(14-12-26)45-23(3)38)16-28-31-34(4,5)36(31,18-22(2)37(28,29)43)46-30(39)17-24-9-7-6-8-10-24/h6-16,22,28-29,31,42-43H,17-20H2,1-5H3/t22-,28+,29-,31-,35-,36+,37-/m1/s1. The second-order valence-corrected chi connectivity index (χ2v) is 14.0. The van der Waals surface area contributed by atoms with Crippen molar-refractivity contribution in [2.45, 2.75) is 70.7 Å². The van der Waals surface area contributed by atoms with Crippen molar-refractivity contribution in [3.8, 4) is 5.75 Å². The van der Waals surface area contributed by atoms with Crippen LogP contribution in [0, 0.1) is 29.1 Å². The molecule has 6 rings (SSSR count). The Bertz CT molecular complexity index is 1660. The maximum atomic E-state index is 13.5. The number of esters is 3. The molecule has 9 nitrogen and oxygen atoms in total. The van der Waals surface area contributed by atoms with E-state index in [9.17, 15) is 29.4 Å². The Morgan fingerprint density at radius 2 is 1.65 bits per heavy atom. The van der Waals surface area contributed by atoms with Crippen LogP contribution in [0.4, 0.5) is 0 Å². The van der Waals surface area contributed by atoms with Gasteiger partial charge in [0.2, 0.25) is 0 Å². The molecule has 7 atom stereocenters. The summed E-state index contributed by atoms with van der Waals surface area (Å²) in [6, 6.07) is 15.3. The van der Waals surface area contributed by atoms with E-state index >= 15 is 0 Å². The molecule has 0 saturated heterocycles. The third-order valence-corrected chi connectivity index (χ3v) is 10.9. The molecule has 2 aromatic carbocycles. The van der Waals surface area contributed by atoms with Gasteiger partial charge in [0.15, 0.2) is 5.78 Å². The number of carbonyl (C=O) groups is 4. The van der Waals surface area contributed by atoms with Crippen molar-refractivity contribution in [1.82, 2.24) is 0 Å². The van der Waals surface area contributed by atoms with E-state index in [2.05, 4.69) is 0 Å². The number of hydrogen-bond acceptors (Lipinski definition) is 9. The highest BCUT2D eigenvalue weighted by Gasteiger charge is 2.83. The molecule has 242 valence electrons. The van der Waals surface area contributed by atoms with Gasteiger partial charge in [-0.15, -0.1) is 0 Å². The number of carbonyl (C=O) groups excluding carboxylic acids is 4. The molecular weight excluding hydrogens is 588 g/mol. The van der Waals surface area contributed by atoms with Crippen LogP contribution in [0.2, 0.25) is 0 Å². The van der Waals surface area contributed by atoms with Crippen LogP contribution in [0.15, 0.2) is 77.9 Å². The van der Waals surface area contributed by atoms with Crippen LogP contribution in [0.5, 0.6) is 5.75 Å². The highest BCUT2D eigenvalue weighted by molar-refractivity contribution is 6.05. The zero-order valence-electron chi connectivity index (χ0n) is 26.7. The molecule has 46 heavy (non-hydrogen) atoms. The lowest BCUT2D eigenvalue weighted by atomic mass is 9.60. The van der Waals surface area contributed by atoms with Gasteiger partial charge in [-0.25, -0.2) is 4.79 Å². The Morgan fingerprint density at radius 3 is 2.30 bits per heavy atom. The van der Waals surface area contributed by atoms with Gasteiger partial charge in [0.05, 0.1) is 17.6 Å². The molecule has 2 fully saturated rings. The first-order valence-corrected chi connectivity index (χ1v) is 15.7. The summed E-state index contributed by atoms with van der Waals surface area (Å²) in [5.74, 6) is -3.93. The van der Waals surface area contributed by atoms with Crippen molar-refractivity contribution < 1.29 is 43.6 Å². The number of hydrogen-bond donors (Lipinski definition) is 2. The van der Waals surface area contributed by atoms with Gasteiger partial charge in [-0.1, -0.05) is 63.3 Å². The molecule has 4 aliphatic rings. The van der Waals surface area contributed by atoms with E-state index in [1.807, 2.05) is 57.2 Å². The summed E-state index contributed by atoms with van der Waals surface area (Å²) in [6.07, 6.45) is 3.89. The number of aliphatic hydroxyl groups is 2. The summed E-state index contributed by atoms with van der Waals surface area (Å²) in [4.78, 5) is 51.0. The molecule has 2 saturated carbocycles. The molecule has 0 radical (unpaired) electrons. The summed E-state index contributed by atoms with van der Waals surface area (Å²) in [5.41, 5.74) is -2.89. The lowest BCUT2D eigenvalue weighted by molar-refractivity contribution is -0.186. The Hall–Kier alpha value is -4.08.